The number of aliphatic hydroxyl groups is 1. The standard InChI is InChI=1S/C15H28N2O/c18-15(7-1-2-8-15)12-17(14-5-6-14)11-13-4-3-9-16-10-13/h13-14,16,18H,1-12H2. The summed E-state index contributed by atoms with van der Waals surface area (Å²) in [6.45, 7) is 4.53. The van der Waals surface area contributed by atoms with Crippen LogP contribution in [0.5, 0.6) is 0 Å². The first kappa shape index (κ1) is 12.9. The average Bonchev–Trinajstić information content (AvgIpc) is 3.14. The summed E-state index contributed by atoms with van der Waals surface area (Å²) in [5.41, 5.74) is -0.356. The van der Waals surface area contributed by atoms with Gasteiger partial charge in [0.1, 0.15) is 0 Å². The van der Waals surface area contributed by atoms with Gasteiger partial charge in [0.15, 0.2) is 0 Å². The quantitative estimate of drug-likeness (QED) is 0.782. The van der Waals surface area contributed by atoms with Crippen molar-refractivity contribution in [3.05, 3.63) is 0 Å². The molecule has 0 bridgehead atoms. The largest absolute Gasteiger partial charge is 0.389 e. The van der Waals surface area contributed by atoms with Crippen molar-refractivity contribution >= 4 is 0 Å². The van der Waals surface area contributed by atoms with Crippen molar-refractivity contribution in [3.8, 4) is 0 Å². The SMILES string of the molecule is OC1(CN(CC2CCCNC2)C2CC2)CCCC1. The molecule has 3 aliphatic rings. The third-order valence-electron chi connectivity index (χ3n) is 4.99. The summed E-state index contributed by atoms with van der Waals surface area (Å²) in [5, 5.41) is 14.1. The van der Waals surface area contributed by atoms with Crippen LogP contribution in [0.3, 0.4) is 0 Å². The van der Waals surface area contributed by atoms with Gasteiger partial charge in [-0.2, -0.15) is 0 Å². The van der Waals surface area contributed by atoms with Crippen LogP contribution in [0, 0.1) is 5.92 Å². The predicted octanol–water partition coefficient (Wildman–Crippen LogP) is 1.76. The minimum absolute atomic E-state index is 0.356. The van der Waals surface area contributed by atoms with E-state index in [9.17, 15) is 5.11 Å². The fourth-order valence-electron chi connectivity index (χ4n) is 3.76. The Bertz CT molecular complexity index is 266. The molecule has 0 aromatic carbocycles. The minimum atomic E-state index is -0.356. The summed E-state index contributed by atoms with van der Waals surface area (Å²) in [4.78, 5) is 2.61. The highest BCUT2D eigenvalue weighted by Crippen LogP contribution is 2.35. The van der Waals surface area contributed by atoms with E-state index < -0.39 is 0 Å². The first-order valence-electron chi connectivity index (χ1n) is 7.92. The molecule has 2 N–H and O–H groups in total. The van der Waals surface area contributed by atoms with Crippen LogP contribution in [0.15, 0.2) is 0 Å². The maximum atomic E-state index is 10.6. The molecule has 1 unspecified atom stereocenters. The molecule has 0 amide bonds. The lowest BCUT2D eigenvalue weighted by atomic mass is 9.96. The Balaban J connectivity index is 1.54. The second-order valence-corrected chi connectivity index (χ2v) is 6.80. The maximum absolute atomic E-state index is 10.6. The molecule has 0 aromatic heterocycles. The van der Waals surface area contributed by atoms with Crippen LogP contribution in [0.25, 0.3) is 0 Å². The van der Waals surface area contributed by atoms with Gasteiger partial charge in [0, 0.05) is 19.1 Å². The molecule has 3 heteroatoms. The Morgan fingerprint density at radius 3 is 2.50 bits per heavy atom. The maximum Gasteiger partial charge on any atom is 0.0774 e. The normalized spacial score (nSPS) is 32.0. The van der Waals surface area contributed by atoms with E-state index in [0.29, 0.717) is 0 Å². The Kier molecular flexibility index (Phi) is 3.92. The van der Waals surface area contributed by atoms with Gasteiger partial charge in [-0.3, -0.25) is 4.90 Å². The molecular weight excluding hydrogens is 224 g/mol. The van der Waals surface area contributed by atoms with Crippen molar-refractivity contribution in [2.75, 3.05) is 26.2 Å². The molecular formula is C15H28N2O. The highest BCUT2D eigenvalue weighted by molar-refractivity contribution is 4.94. The number of nitrogens with one attached hydrogen (secondary N) is 1. The van der Waals surface area contributed by atoms with E-state index in [4.69, 9.17) is 0 Å². The molecule has 3 rings (SSSR count). The third kappa shape index (κ3) is 3.25. The van der Waals surface area contributed by atoms with Crippen molar-refractivity contribution in [1.29, 1.82) is 0 Å². The molecule has 104 valence electrons. The van der Waals surface area contributed by atoms with E-state index in [2.05, 4.69) is 10.2 Å². The monoisotopic (exact) mass is 252 g/mol. The highest BCUT2D eigenvalue weighted by Gasteiger charge is 2.38. The van der Waals surface area contributed by atoms with Gasteiger partial charge in [-0.25, -0.2) is 0 Å². The molecule has 2 aliphatic carbocycles. The summed E-state index contributed by atoms with van der Waals surface area (Å²) in [7, 11) is 0. The topological polar surface area (TPSA) is 35.5 Å². The second kappa shape index (κ2) is 5.48. The molecule has 18 heavy (non-hydrogen) atoms. The van der Waals surface area contributed by atoms with Crippen LogP contribution in [0.1, 0.15) is 51.4 Å². The molecule has 1 heterocycles. The number of hydrogen-bond acceptors (Lipinski definition) is 3. The number of rotatable bonds is 5. The van der Waals surface area contributed by atoms with Crippen molar-refractivity contribution < 1.29 is 5.11 Å². The van der Waals surface area contributed by atoms with Crippen LogP contribution in [0.4, 0.5) is 0 Å². The zero-order valence-electron chi connectivity index (χ0n) is 11.5. The Morgan fingerprint density at radius 1 is 1.11 bits per heavy atom. The molecule has 0 radical (unpaired) electrons. The Labute approximate surface area is 111 Å². The lowest BCUT2D eigenvalue weighted by molar-refractivity contribution is 0.00154. The molecule has 1 saturated heterocycles. The van der Waals surface area contributed by atoms with Crippen molar-refractivity contribution in [2.45, 2.75) is 63.0 Å². The molecule has 0 aromatic rings. The number of hydrogen-bond donors (Lipinski definition) is 2. The molecule has 0 spiro atoms. The van der Waals surface area contributed by atoms with Crippen molar-refractivity contribution in [3.63, 3.8) is 0 Å². The van der Waals surface area contributed by atoms with Gasteiger partial charge in [0.2, 0.25) is 0 Å². The summed E-state index contributed by atoms with van der Waals surface area (Å²) >= 11 is 0. The molecule has 2 saturated carbocycles. The van der Waals surface area contributed by atoms with Gasteiger partial charge < -0.3 is 10.4 Å². The van der Waals surface area contributed by atoms with Gasteiger partial charge in [-0.05, 0) is 57.5 Å². The van der Waals surface area contributed by atoms with Gasteiger partial charge in [-0.1, -0.05) is 12.8 Å². The van der Waals surface area contributed by atoms with E-state index in [0.717, 1.165) is 31.3 Å². The summed E-state index contributed by atoms with van der Waals surface area (Å²) in [6.07, 6.45) is 9.91. The van der Waals surface area contributed by atoms with Crippen molar-refractivity contribution in [2.24, 2.45) is 5.92 Å². The lowest BCUT2D eigenvalue weighted by Crippen LogP contribution is -2.46. The van der Waals surface area contributed by atoms with E-state index in [1.54, 1.807) is 0 Å². The summed E-state index contributed by atoms with van der Waals surface area (Å²) < 4.78 is 0. The third-order valence-corrected chi connectivity index (χ3v) is 4.99. The van der Waals surface area contributed by atoms with Crippen LogP contribution in [0.2, 0.25) is 0 Å². The average molecular weight is 252 g/mol. The number of piperidine rings is 1. The lowest BCUT2D eigenvalue weighted by Gasteiger charge is -2.35. The van der Waals surface area contributed by atoms with Gasteiger partial charge in [0.25, 0.3) is 0 Å². The zero-order valence-corrected chi connectivity index (χ0v) is 11.5. The highest BCUT2D eigenvalue weighted by atomic mass is 16.3. The molecule has 3 nitrogen and oxygen atoms in total. The van der Waals surface area contributed by atoms with E-state index in [1.807, 2.05) is 0 Å². The second-order valence-electron chi connectivity index (χ2n) is 6.80. The summed E-state index contributed by atoms with van der Waals surface area (Å²) in [6, 6.07) is 0.788. The first-order chi connectivity index (χ1) is 8.75. The smallest absolute Gasteiger partial charge is 0.0774 e. The first-order valence-corrected chi connectivity index (χ1v) is 7.92. The van der Waals surface area contributed by atoms with Gasteiger partial charge >= 0.3 is 0 Å². The Morgan fingerprint density at radius 2 is 1.89 bits per heavy atom. The fourth-order valence-corrected chi connectivity index (χ4v) is 3.76. The van der Waals surface area contributed by atoms with Crippen LogP contribution in [-0.2, 0) is 0 Å². The molecule has 1 aliphatic heterocycles. The summed E-state index contributed by atoms with van der Waals surface area (Å²) in [5.74, 6) is 0.810. The van der Waals surface area contributed by atoms with E-state index >= 15 is 0 Å². The molecule has 3 fully saturated rings. The van der Waals surface area contributed by atoms with Crippen LogP contribution in [-0.4, -0.2) is 47.8 Å². The van der Waals surface area contributed by atoms with Gasteiger partial charge in [0.05, 0.1) is 5.60 Å². The van der Waals surface area contributed by atoms with Gasteiger partial charge in [-0.15, -0.1) is 0 Å². The predicted molar refractivity (Wildman–Crippen MR) is 73.6 cm³/mol. The van der Waals surface area contributed by atoms with Crippen LogP contribution >= 0.6 is 0 Å². The van der Waals surface area contributed by atoms with Crippen molar-refractivity contribution in [1.82, 2.24) is 10.2 Å². The Hall–Kier alpha value is -0.120. The number of nitrogens with zero attached hydrogens (tertiary/aromatic N) is 1. The van der Waals surface area contributed by atoms with E-state index in [1.165, 1.54) is 58.2 Å². The van der Waals surface area contributed by atoms with Crippen LogP contribution < -0.4 is 5.32 Å². The van der Waals surface area contributed by atoms with E-state index in [-0.39, 0.29) is 5.60 Å². The minimum Gasteiger partial charge on any atom is -0.389 e. The zero-order chi connectivity index (χ0) is 12.4. The fraction of sp³-hybridized carbons (Fsp3) is 1.00. The molecule has 1 atom stereocenters.